The standard InChI is InChI=1S/C23H32O/c1-4-19(3)23(5-2,17-16-20-12-8-6-9-13-20)22(24)18-21-14-10-7-11-15-21/h6-15,19,22,24H,4-5,16-18H2,1-3H3. The van der Waals surface area contributed by atoms with Crippen LogP contribution in [0.5, 0.6) is 0 Å². The Balaban J connectivity index is 2.18. The summed E-state index contributed by atoms with van der Waals surface area (Å²) in [5, 5.41) is 11.2. The van der Waals surface area contributed by atoms with Gasteiger partial charge in [0.25, 0.3) is 0 Å². The van der Waals surface area contributed by atoms with Crippen LogP contribution in [0.3, 0.4) is 0 Å². The van der Waals surface area contributed by atoms with Crippen molar-refractivity contribution in [2.75, 3.05) is 0 Å². The van der Waals surface area contributed by atoms with Gasteiger partial charge in [-0.15, -0.1) is 0 Å². The van der Waals surface area contributed by atoms with E-state index in [4.69, 9.17) is 0 Å². The highest BCUT2D eigenvalue weighted by Gasteiger charge is 2.39. The molecule has 0 saturated carbocycles. The number of benzene rings is 2. The first-order valence-electron chi connectivity index (χ1n) is 9.38. The molecule has 2 rings (SSSR count). The van der Waals surface area contributed by atoms with Crippen molar-refractivity contribution in [2.45, 2.75) is 59.0 Å². The molecule has 0 radical (unpaired) electrons. The van der Waals surface area contributed by atoms with E-state index < -0.39 is 0 Å². The average Bonchev–Trinajstić information content (AvgIpc) is 2.64. The molecule has 2 aromatic rings. The summed E-state index contributed by atoms with van der Waals surface area (Å²) in [6, 6.07) is 21.1. The molecule has 0 aliphatic rings. The van der Waals surface area contributed by atoms with E-state index in [0.717, 1.165) is 32.1 Å². The van der Waals surface area contributed by atoms with Crippen LogP contribution < -0.4 is 0 Å². The van der Waals surface area contributed by atoms with Crippen molar-refractivity contribution in [2.24, 2.45) is 11.3 Å². The summed E-state index contributed by atoms with van der Waals surface area (Å²) in [6.07, 6.45) is 4.63. The van der Waals surface area contributed by atoms with E-state index in [2.05, 4.69) is 75.4 Å². The van der Waals surface area contributed by atoms with Crippen LogP contribution in [-0.4, -0.2) is 11.2 Å². The van der Waals surface area contributed by atoms with Gasteiger partial charge in [-0.2, -0.15) is 0 Å². The third-order valence-corrected chi connectivity index (χ3v) is 5.91. The molecule has 3 unspecified atom stereocenters. The molecule has 0 heterocycles. The van der Waals surface area contributed by atoms with Crippen molar-refractivity contribution < 1.29 is 5.11 Å². The zero-order chi connectivity index (χ0) is 17.4. The van der Waals surface area contributed by atoms with Crippen LogP contribution in [0.25, 0.3) is 0 Å². The first-order chi connectivity index (χ1) is 11.6. The van der Waals surface area contributed by atoms with Crippen molar-refractivity contribution in [3.63, 3.8) is 0 Å². The maximum atomic E-state index is 11.2. The van der Waals surface area contributed by atoms with Crippen LogP contribution in [0, 0.1) is 11.3 Å². The predicted molar refractivity (Wildman–Crippen MR) is 103 cm³/mol. The highest BCUT2D eigenvalue weighted by molar-refractivity contribution is 5.18. The first-order valence-corrected chi connectivity index (χ1v) is 9.38. The summed E-state index contributed by atoms with van der Waals surface area (Å²) >= 11 is 0. The van der Waals surface area contributed by atoms with E-state index in [1.807, 2.05) is 6.07 Å². The van der Waals surface area contributed by atoms with Gasteiger partial charge in [0.15, 0.2) is 0 Å². The van der Waals surface area contributed by atoms with Crippen molar-refractivity contribution >= 4 is 0 Å². The van der Waals surface area contributed by atoms with E-state index in [0.29, 0.717) is 5.92 Å². The molecule has 0 bridgehead atoms. The number of aryl methyl sites for hydroxylation is 1. The summed E-state index contributed by atoms with van der Waals surface area (Å²) in [6.45, 7) is 6.79. The van der Waals surface area contributed by atoms with Gasteiger partial charge >= 0.3 is 0 Å². The van der Waals surface area contributed by atoms with Crippen LogP contribution in [0.1, 0.15) is 51.2 Å². The van der Waals surface area contributed by atoms with Crippen LogP contribution in [-0.2, 0) is 12.8 Å². The molecule has 2 aromatic carbocycles. The Labute approximate surface area is 147 Å². The van der Waals surface area contributed by atoms with E-state index in [9.17, 15) is 5.11 Å². The second kappa shape index (κ2) is 9.03. The molecule has 3 atom stereocenters. The number of rotatable bonds is 9. The lowest BCUT2D eigenvalue weighted by Crippen LogP contribution is -2.42. The Morgan fingerprint density at radius 3 is 1.92 bits per heavy atom. The Kier molecular flexibility index (Phi) is 7.05. The summed E-state index contributed by atoms with van der Waals surface area (Å²) in [7, 11) is 0. The fourth-order valence-corrected chi connectivity index (χ4v) is 3.97. The van der Waals surface area contributed by atoms with Crippen LogP contribution in [0.15, 0.2) is 60.7 Å². The number of aliphatic hydroxyl groups excluding tert-OH is 1. The van der Waals surface area contributed by atoms with Gasteiger partial charge in [-0.25, -0.2) is 0 Å². The Morgan fingerprint density at radius 1 is 0.875 bits per heavy atom. The van der Waals surface area contributed by atoms with Gasteiger partial charge in [0, 0.05) is 0 Å². The van der Waals surface area contributed by atoms with Gasteiger partial charge < -0.3 is 5.11 Å². The number of hydrogen-bond donors (Lipinski definition) is 1. The van der Waals surface area contributed by atoms with Gasteiger partial charge in [-0.05, 0) is 48.1 Å². The Bertz CT molecular complexity index is 577. The third-order valence-electron chi connectivity index (χ3n) is 5.91. The Morgan fingerprint density at radius 2 is 1.42 bits per heavy atom. The molecule has 0 spiro atoms. The third kappa shape index (κ3) is 4.48. The minimum absolute atomic E-state index is 0.0273. The molecule has 130 valence electrons. The molecule has 0 aromatic heterocycles. The van der Waals surface area contributed by atoms with E-state index >= 15 is 0 Å². The summed E-state index contributed by atoms with van der Waals surface area (Å²) in [5.41, 5.74) is 2.57. The quantitative estimate of drug-likeness (QED) is 0.630. The largest absolute Gasteiger partial charge is 0.392 e. The zero-order valence-electron chi connectivity index (χ0n) is 15.4. The minimum Gasteiger partial charge on any atom is -0.392 e. The lowest BCUT2D eigenvalue weighted by atomic mass is 9.64. The fourth-order valence-electron chi connectivity index (χ4n) is 3.97. The maximum absolute atomic E-state index is 11.2. The van der Waals surface area contributed by atoms with Crippen molar-refractivity contribution in [1.29, 1.82) is 0 Å². The van der Waals surface area contributed by atoms with Crippen molar-refractivity contribution in [1.82, 2.24) is 0 Å². The van der Waals surface area contributed by atoms with Gasteiger partial charge in [0.2, 0.25) is 0 Å². The lowest BCUT2D eigenvalue weighted by Gasteiger charge is -2.43. The summed E-state index contributed by atoms with van der Waals surface area (Å²) in [4.78, 5) is 0. The SMILES string of the molecule is CCC(C)C(CC)(CCc1ccccc1)C(O)Cc1ccccc1. The molecule has 0 saturated heterocycles. The van der Waals surface area contributed by atoms with Crippen molar-refractivity contribution in [3.05, 3.63) is 71.8 Å². The van der Waals surface area contributed by atoms with E-state index in [-0.39, 0.29) is 11.5 Å². The minimum atomic E-state index is -0.302. The predicted octanol–water partition coefficient (Wildman–Crippen LogP) is 5.67. The topological polar surface area (TPSA) is 20.2 Å². The van der Waals surface area contributed by atoms with Gasteiger partial charge in [0.1, 0.15) is 0 Å². The summed E-state index contributed by atoms with van der Waals surface area (Å²) < 4.78 is 0. The monoisotopic (exact) mass is 324 g/mol. The average molecular weight is 325 g/mol. The van der Waals surface area contributed by atoms with Crippen molar-refractivity contribution in [3.8, 4) is 0 Å². The van der Waals surface area contributed by atoms with Crippen LogP contribution >= 0.6 is 0 Å². The van der Waals surface area contributed by atoms with E-state index in [1.165, 1.54) is 11.1 Å². The second-order valence-corrected chi connectivity index (χ2v) is 7.09. The molecule has 24 heavy (non-hydrogen) atoms. The van der Waals surface area contributed by atoms with Crippen LogP contribution in [0.4, 0.5) is 0 Å². The van der Waals surface area contributed by atoms with E-state index in [1.54, 1.807) is 0 Å². The molecule has 0 amide bonds. The van der Waals surface area contributed by atoms with Gasteiger partial charge in [0.05, 0.1) is 6.10 Å². The lowest BCUT2D eigenvalue weighted by molar-refractivity contribution is -0.0268. The molecule has 1 N–H and O–H groups in total. The molecular weight excluding hydrogens is 292 g/mol. The van der Waals surface area contributed by atoms with Crippen LogP contribution in [0.2, 0.25) is 0 Å². The van der Waals surface area contributed by atoms with Gasteiger partial charge in [-0.1, -0.05) is 87.9 Å². The summed E-state index contributed by atoms with van der Waals surface area (Å²) in [5.74, 6) is 0.505. The normalized spacial score (nSPS) is 16.3. The molecule has 1 heteroatoms. The first kappa shape index (κ1) is 18.7. The zero-order valence-corrected chi connectivity index (χ0v) is 15.4. The second-order valence-electron chi connectivity index (χ2n) is 7.09. The fraction of sp³-hybridized carbons (Fsp3) is 0.478. The number of hydrogen-bond acceptors (Lipinski definition) is 1. The molecule has 0 fully saturated rings. The highest BCUT2D eigenvalue weighted by Crippen LogP contribution is 2.42. The molecular formula is C23H32O. The number of aliphatic hydroxyl groups is 1. The maximum Gasteiger partial charge on any atom is 0.0639 e. The smallest absolute Gasteiger partial charge is 0.0639 e. The Hall–Kier alpha value is -1.60. The molecule has 1 nitrogen and oxygen atoms in total. The molecule has 0 aliphatic carbocycles. The van der Waals surface area contributed by atoms with Gasteiger partial charge in [-0.3, -0.25) is 0 Å². The highest BCUT2D eigenvalue weighted by atomic mass is 16.3. The molecule has 0 aliphatic heterocycles.